The second-order valence-electron chi connectivity index (χ2n) is 4.93. The molecule has 5 heteroatoms. The molecule has 0 bridgehead atoms. The number of hydrogen-bond donors (Lipinski definition) is 3. The quantitative estimate of drug-likeness (QED) is 0.670. The summed E-state index contributed by atoms with van der Waals surface area (Å²) in [5.74, 6) is 0. The maximum absolute atomic E-state index is 5.93. The first-order chi connectivity index (χ1) is 8.40. The van der Waals surface area contributed by atoms with Gasteiger partial charge in [0.25, 0.3) is 0 Å². The summed E-state index contributed by atoms with van der Waals surface area (Å²) in [5.41, 5.74) is 9.83. The van der Waals surface area contributed by atoms with Gasteiger partial charge in [-0.15, -0.1) is 0 Å². The summed E-state index contributed by atoms with van der Waals surface area (Å²) in [7, 11) is 0. The summed E-state index contributed by atoms with van der Waals surface area (Å²) in [6.45, 7) is 4.76. The van der Waals surface area contributed by atoms with Gasteiger partial charge in [0, 0.05) is 18.7 Å². The van der Waals surface area contributed by atoms with Gasteiger partial charge in [0.05, 0.1) is 17.4 Å². The van der Waals surface area contributed by atoms with Crippen molar-refractivity contribution in [3.63, 3.8) is 0 Å². The minimum atomic E-state index is 0.542. The van der Waals surface area contributed by atoms with Crippen LogP contribution in [0.15, 0.2) is 0 Å². The Morgan fingerprint density at radius 2 is 2.06 bits per heavy atom. The van der Waals surface area contributed by atoms with E-state index in [1.165, 1.54) is 29.8 Å². The molecule has 1 aromatic rings. The van der Waals surface area contributed by atoms with Gasteiger partial charge in [-0.05, 0) is 38.9 Å². The first kappa shape index (κ1) is 11.2. The van der Waals surface area contributed by atoms with Gasteiger partial charge < -0.3 is 16.4 Å². The number of nitrogens with zero attached hydrogens (tertiary/aromatic N) is 2. The first-order valence-electron chi connectivity index (χ1n) is 6.61. The maximum Gasteiger partial charge on any atom is 0.0798 e. The van der Waals surface area contributed by atoms with E-state index in [0.717, 1.165) is 32.6 Å². The van der Waals surface area contributed by atoms with Gasteiger partial charge in [-0.3, -0.25) is 4.68 Å². The van der Waals surface area contributed by atoms with Crippen LogP contribution in [-0.2, 0) is 19.5 Å². The fourth-order valence-corrected chi connectivity index (χ4v) is 2.98. The molecule has 5 nitrogen and oxygen atoms in total. The third kappa shape index (κ3) is 1.99. The summed E-state index contributed by atoms with van der Waals surface area (Å²) in [6.07, 6.45) is 3.41. The zero-order chi connectivity index (χ0) is 11.7. The Hall–Kier alpha value is -0.910. The van der Waals surface area contributed by atoms with E-state index in [4.69, 9.17) is 10.8 Å². The highest BCUT2D eigenvalue weighted by Gasteiger charge is 2.24. The highest BCUT2D eigenvalue weighted by atomic mass is 15.3. The summed E-state index contributed by atoms with van der Waals surface area (Å²) in [5, 5.41) is 11.6. The van der Waals surface area contributed by atoms with E-state index in [0.29, 0.717) is 12.6 Å². The van der Waals surface area contributed by atoms with E-state index in [1.807, 2.05) is 0 Å². The van der Waals surface area contributed by atoms with Crippen LogP contribution in [-0.4, -0.2) is 29.4 Å². The van der Waals surface area contributed by atoms with Crippen LogP contribution in [0.2, 0.25) is 0 Å². The maximum atomic E-state index is 5.93. The van der Waals surface area contributed by atoms with E-state index in [-0.39, 0.29) is 0 Å². The Labute approximate surface area is 102 Å². The summed E-state index contributed by atoms with van der Waals surface area (Å²) in [4.78, 5) is 0. The molecule has 0 aliphatic carbocycles. The van der Waals surface area contributed by atoms with Crippen LogP contribution in [0.3, 0.4) is 0 Å². The molecule has 0 spiro atoms. The molecule has 1 fully saturated rings. The Kier molecular flexibility index (Phi) is 3.13. The smallest absolute Gasteiger partial charge is 0.0798 e. The molecule has 0 saturated carbocycles. The number of piperidine rings is 1. The normalized spacial score (nSPS) is 21.5. The van der Waals surface area contributed by atoms with Crippen molar-refractivity contribution in [2.45, 2.75) is 38.4 Å². The van der Waals surface area contributed by atoms with Crippen molar-refractivity contribution in [3.8, 4) is 0 Å². The molecular weight excluding hydrogens is 214 g/mol. The lowest BCUT2D eigenvalue weighted by Crippen LogP contribution is -2.31. The van der Waals surface area contributed by atoms with Crippen molar-refractivity contribution in [1.29, 1.82) is 0 Å². The van der Waals surface area contributed by atoms with E-state index >= 15 is 0 Å². The zero-order valence-corrected chi connectivity index (χ0v) is 10.2. The largest absolute Gasteiger partial charge is 0.325 e. The van der Waals surface area contributed by atoms with Crippen LogP contribution < -0.4 is 16.4 Å². The molecule has 0 unspecified atom stereocenters. The summed E-state index contributed by atoms with van der Waals surface area (Å²) >= 11 is 0. The van der Waals surface area contributed by atoms with E-state index in [2.05, 4.69) is 15.3 Å². The lowest BCUT2D eigenvalue weighted by Gasteiger charge is -2.24. The van der Waals surface area contributed by atoms with Gasteiger partial charge >= 0.3 is 0 Å². The standard InChI is InChI=1S/C12H21N5/c13-7-12-10-3-6-15-8-11(10)16-17(12)9-1-4-14-5-2-9/h9,14-15H,1-8,13H2. The highest BCUT2D eigenvalue weighted by Crippen LogP contribution is 2.25. The molecule has 4 N–H and O–H groups in total. The zero-order valence-electron chi connectivity index (χ0n) is 10.2. The molecule has 2 aliphatic heterocycles. The van der Waals surface area contributed by atoms with Crippen molar-refractivity contribution < 1.29 is 0 Å². The van der Waals surface area contributed by atoms with Gasteiger partial charge in [-0.25, -0.2) is 0 Å². The molecular formula is C12H21N5. The molecule has 17 heavy (non-hydrogen) atoms. The number of hydrogen-bond acceptors (Lipinski definition) is 4. The molecule has 0 amide bonds. The highest BCUT2D eigenvalue weighted by molar-refractivity contribution is 5.29. The average molecular weight is 235 g/mol. The second-order valence-corrected chi connectivity index (χ2v) is 4.93. The summed E-state index contributed by atoms with van der Waals surface area (Å²) in [6, 6.07) is 0.542. The van der Waals surface area contributed by atoms with Gasteiger partial charge in [0.2, 0.25) is 0 Å². The fraction of sp³-hybridized carbons (Fsp3) is 0.750. The van der Waals surface area contributed by atoms with Crippen LogP contribution in [0.1, 0.15) is 35.8 Å². The molecule has 2 aliphatic rings. The Morgan fingerprint density at radius 3 is 2.82 bits per heavy atom. The number of nitrogens with one attached hydrogen (secondary N) is 2. The van der Waals surface area contributed by atoms with Crippen LogP contribution >= 0.6 is 0 Å². The Bertz CT molecular complexity index is 392. The minimum absolute atomic E-state index is 0.542. The molecule has 3 rings (SSSR count). The average Bonchev–Trinajstić information content (AvgIpc) is 2.78. The fourth-order valence-electron chi connectivity index (χ4n) is 2.98. The van der Waals surface area contributed by atoms with Crippen molar-refractivity contribution in [1.82, 2.24) is 20.4 Å². The molecule has 1 saturated heterocycles. The predicted octanol–water partition coefficient (Wildman–Crippen LogP) is -0.0880. The molecule has 3 heterocycles. The monoisotopic (exact) mass is 235 g/mol. The SMILES string of the molecule is NCc1c2c(nn1C1CCNCC1)CNCC2. The predicted molar refractivity (Wildman–Crippen MR) is 66.7 cm³/mol. The molecule has 0 atom stereocenters. The number of rotatable bonds is 2. The third-order valence-corrected chi connectivity index (χ3v) is 3.89. The van der Waals surface area contributed by atoms with Gasteiger partial charge in [0.1, 0.15) is 0 Å². The van der Waals surface area contributed by atoms with Crippen LogP contribution in [0.5, 0.6) is 0 Å². The first-order valence-corrected chi connectivity index (χ1v) is 6.61. The third-order valence-electron chi connectivity index (χ3n) is 3.89. The van der Waals surface area contributed by atoms with Crippen molar-refractivity contribution in [2.24, 2.45) is 5.73 Å². The number of aromatic nitrogens is 2. The Morgan fingerprint density at radius 1 is 1.24 bits per heavy atom. The topological polar surface area (TPSA) is 67.9 Å². The van der Waals surface area contributed by atoms with Gasteiger partial charge in [0.15, 0.2) is 0 Å². The van der Waals surface area contributed by atoms with Gasteiger partial charge in [-0.2, -0.15) is 5.10 Å². The van der Waals surface area contributed by atoms with Crippen molar-refractivity contribution in [3.05, 3.63) is 17.0 Å². The Balaban J connectivity index is 1.94. The lowest BCUT2D eigenvalue weighted by molar-refractivity contribution is 0.334. The molecule has 94 valence electrons. The lowest BCUT2D eigenvalue weighted by atomic mass is 10.0. The van der Waals surface area contributed by atoms with Crippen molar-refractivity contribution in [2.75, 3.05) is 19.6 Å². The molecule has 0 aromatic carbocycles. The molecule has 0 radical (unpaired) electrons. The van der Waals surface area contributed by atoms with Crippen LogP contribution in [0.25, 0.3) is 0 Å². The van der Waals surface area contributed by atoms with Crippen LogP contribution in [0.4, 0.5) is 0 Å². The number of nitrogens with two attached hydrogens (primary N) is 1. The molecule has 1 aromatic heterocycles. The summed E-state index contributed by atoms with van der Waals surface area (Å²) < 4.78 is 2.22. The van der Waals surface area contributed by atoms with E-state index in [1.54, 1.807) is 0 Å². The van der Waals surface area contributed by atoms with E-state index < -0.39 is 0 Å². The van der Waals surface area contributed by atoms with E-state index in [9.17, 15) is 0 Å². The van der Waals surface area contributed by atoms with Crippen molar-refractivity contribution >= 4 is 0 Å². The number of fused-ring (bicyclic) bond motifs is 1. The van der Waals surface area contributed by atoms with Crippen LogP contribution in [0, 0.1) is 0 Å². The minimum Gasteiger partial charge on any atom is -0.325 e. The second kappa shape index (κ2) is 4.76. The van der Waals surface area contributed by atoms with Gasteiger partial charge in [-0.1, -0.05) is 0 Å².